The van der Waals surface area contributed by atoms with E-state index in [0.717, 1.165) is 30.6 Å². The Labute approximate surface area is 150 Å². The van der Waals surface area contributed by atoms with E-state index in [1.54, 1.807) is 5.38 Å². The van der Waals surface area contributed by atoms with Gasteiger partial charge in [0.25, 0.3) is 0 Å². The lowest BCUT2D eigenvalue weighted by atomic mass is 10.2. The Balaban J connectivity index is 1.52. The van der Waals surface area contributed by atoms with Gasteiger partial charge in [-0.05, 0) is 36.5 Å². The molecule has 0 aliphatic carbocycles. The molecule has 1 aromatic heterocycles. The third kappa shape index (κ3) is 4.09. The Bertz CT molecular complexity index is 830. The van der Waals surface area contributed by atoms with Crippen LogP contribution in [0, 0.1) is 23.7 Å². The molecule has 3 rings (SSSR count). The Morgan fingerprint density at radius 1 is 1.44 bits per heavy atom. The Morgan fingerprint density at radius 3 is 2.92 bits per heavy atom. The maximum atomic E-state index is 11.9. The maximum Gasteiger partial charge on any atom is 0.320 e. The van der Waals surface area contributed by atoms with E-state index in [9.17, 15) is 10.1 Å². The fourth-order valence-electron chi connectivity index (χ4n) is 2.76. The molecule has 2 heterocycles. The van der Waals surface area contributed by atoms with Crippen molar-refractivity contribution in [3.63, 3.8) is 0 Å². The van der Waals surface area contributed by atoms with Crippen molar-refractivity contribution in [1.82, 2.24) is 10.3 Å². The summed E-state index contributed by atoms with van der Waals surface area (Å²) in [5.41, 5.74) is 2.02. The van der Waals surface area contributed by atoms with Crippen LogP contribution in [-0.4, -0.2) is 23.6 Å². The Morgan fingerprint density at radius 2 is 2.24 bits per heavy atom. The van der Waals surface area contributed by atoms with E-state index < -0.39 is 0 Å². The van der Waals surface area contributed by atoms with Crippen molar-refractivity contribution in [2.75, 3.05) is 16.8 Å². The first-order chi connectivity index (χ1) is 12.2. The first-order valence-electron chi connectivity index (χ1n) is 7.92. The standard InChI is InChI=1S/C18H17N5OS/c1-2-17-21-16(12-25-17)22-18(24)20-11-13-5-7-14(8-6-13)23-9-3-4-15(23)10-19/h1,5-8,12,15H,3-4,9,11H2,(H2,20,22,24)/t15-/m0/s1. The Kier molecular flexibility index (Phi) is 5.17. The van der Waals surface area contributed by atoms with Gasteiger partial charge in [-0.15, -0.1) is 17.8 Å². The average Bonchev–Trinajstić information content (AvgIpc) is 3.29. The van der Waals surface area contributed by atoms with Gasteiger partial charge in [-0.1, -0.05) is 12.1 Å². The molecule has 1 aromatic carbocycles. The van der Waals surface area contributed by atoms with E-state index in [-0.39, 0.29) is 12.1 Å². The molecule has 25 heavy (non-hydrogen) atoms. The zero-order valence-corrected chi connectivity index (χ0v) is 14.3. The summed E-state index contributed by atoms with van der Waals surface area (Å²) in [6, 6.07) is 9.87. The summed E-state index contributed by atoms with van der Waals surface area (Å²) < 4.78 is 0. The second-order valence-electron chi connectivity index (χ2n) is 5.64. The lowest BCUT2D eigenvalue weighted by Gasteiger charge is -2.22. The maximum absolute atomic E-state index is 11.9. The van der Waals surface area contributed by atoms with Crippen molar-refractivity contribution in [2.24, 2.45) is 0 Å². The number of urea groups is 1. The highest BCUT2D eigenvalue weighted by Crippen LogP contribution is 2.25. The molecule has 1 saturated heterocycles. The number of terminal acetylenes is 1. The highest BCUT2D eigenvalue weighted by molar-refractivity contribution is 7.10. The van der Waals surface area contributed by atoms with E-state index in [1.165, 1.54) is 11.3 Å². The number of anilines is 2. The lowest BCUT2D eigenvalue weighted by molar-refractivity contribution is 0.251. The summed E-state index contributed by atoms with van der Waals surface area (Å²) in [5.74, 6) is 2.87. The molecule has 0 bridgehead atoms. The molecular weight excluding hydrogens is 334 g/mol. The summed E-state index contributed by atoms with van der Waals surface area (Å²) in [6.45, 7) is 1.31. The minimum absolute atomic E-state index is 0.0410. The molecular formula is C18H17N5OS. The number of aromatic nitrogens is 1. The Hall–Kier alpha value is -3.03. The van der Waals surface area contributed by atoms with Crippen molar-refractivity contribution < 1.29 is 4.79 Å². The normalized spacial score (nSPS) is 16.1. The van der Waals surface area contributed by atoms with E-state index in [0.29, 0.717) is 17.4 Å². The van der Waals surface area contributed by atoms with Crippen molar-refractivity contribution in [2.45, 2.75) is 25.4 Å². The van der Waals surface area contributed by atoms with Gasteiger partial charge in [0.1, 0.15) is 11.9 Å². The van der Waals surface area contributed by atoms with Crippen LogP contribution in [0.1, 0.15) is 23.4 Å². The second-order valence-corrected chi connectivity index (χ2v) is 6.49. The van der Waals surface area contributed by atoms with Crippen LogP contribution in [0.2, 0.25) is 0 Å². The number of carbonyl (C=O) groups excluding carboxylic acids is 1. The number of hydrogen-bond acceptors (Lipinski definition) is 5. The fourth-order valence-corrected chi connectivity index (χ4v) is 3.31. The number of hydrogen-bond donors (Lipinski definition) is 2. The molecule has 0 spiro atoms. The van der Waals surface area contributed by atoms with Crippen LogP contribution in [0.15, 0.2) is 29.6 Å². The second kappa shape index (κ2) is 7.69. The van der Waals surface area contributed by atoms with Crippen molar-refractivity contribution in [3.8, 4) is 18.4 Å². The number of nitriles is 1. The molecule has 2 aromatic rings. The van der Waals surface area contributed by atoms with Gasteiger partial charge in [0.2, 0.25) is 0 Å². The molecule has 0 unspecified atom stereocenters. The number of carbonyl (C=O) groups is 1. The van der Waals surface area contributed by atoms with Gasteiger partial charge in [0.15, 0.2) is 5.01 Å². The molecule has 7 heteroatoms. The lowest BCUT2D eigenvalue weighted by Crippen LogP contribution is -2.29. The third-order valence-corrected chi connectivity index (χ3v) is 4.77. The number of benzene rings is 1. The number of rotatable bonds is 4. The largest absolute Gasteiger partial charge is 0.356 e. The van der Waals surface area contributed by atoms with Crippen molar-refractivity contribution in [3.05, 3.63) is 40.2 Å². The SMILES string of the molecule is C#Cc1nc(NC(=O)NCc2ccc(N3CCC[C@H]3C#N)cc2)cs1. The number of amides is 2. The van der Waals surface area contributed by atoms with Crippen LogP contribution < -0.4 is 15.5 Å². The summed E-state index contributed by atoms with van der Waals surface area (Å²) in [7, 11) is 0. The van der Waals surface area contributed by atoms with Crippen molar-refractivity contribution in [1.29, 1.82) is 5.26 Å². The predicted octanol–water partition coefficient (Wildman–Crippen LogP) is 2.94. The van der Waals surface area contributed by atoms with Crippen LogP contribution in [0.4, 0.5) is 16.3 Å². The predicted molar refractivity (Wildman–Crippen MR) is 98.3 cm³/mol. The van der Waals surface area contributed by atoms with Gasteiger partial charge in [-0.3, -0.25) is 5.32 Å². The summed E-state index contributed by atoms with van der Waals surface area (Å²) in [4.78, 5) is 18.1. The van der Waals surface area contributed by atoms with Crippen molar-refractivity contribution >= 4 is 28.9 Å². The summed E-state index contributed by atoms with van der Waals surface area (Å²) in [5, 5.41) is 16.8. The van der Waals surface area contributed by atoms with E-state index in [1.807, 2.05) is 24.3 Å². The molecule has 6 nitrogen and oxygen atoms in total. The number of nitrogens with zero attached hydrogens (tertiary/aromatic N) is 3. The molecule has 1 aliphatic rings. The van der Waals surface area contributed by atoms with Gasteiger partial charge in [0, 0.05) is 24.2 Å². The van der Waals surface area contributed by atoms with Gasteiger partial charge in [-0.2, -0.15) is 5.26 Å². The van der Waals surface area contributed by atoms with Crippen LogP contribution >= 0.6 is 11.3 Å². The molecule has 1 fully saturated rings. The summed E-state index contributed by atoms with van der Waals surface area (Å²) in [6.07, 6.45) is 7.21. The highest BCUT2D eigenvalue weighted by Gasteiger charge is 2.24. The average molecular weight is 351 g/mol. The van der Waals surface area contributed by atoms with E-state index in [4.69, 9.17) is 6.42 Å². The molecule has 2 N–H and O–H groups in total. The smallest absolute Gasteiger partial charge is 0.320 e. The van der Waals surface area contributed by atoms with Crippen LogP contribution in [0.25, 0.3) is 0 Å². The minimum atomic E-state index is -0.331. The van der Waals surface area contributed by atoms with E-state index in [2.05, 4.69) is 32.5 Å². The third-order valence-electron chi connectivity index (χ3n) is 3.99. The fraction of sp³-hybridized carbons (Fsp3) is 0.278. The molecule has 1 aliphatic heterocycles. The molecule has 126 valence electrons. The van der Waals surface area contributed by atoms with Gasteiger partial charge in [-0.25, -0.2) is 9.78 Å². The zero-order valence-electron chi connectivity index (χ0n) is 13.5. The highest BCUT2D eigenvalue weighted by atomic mass is 32.1. The molecule has 0 radical (unpaired) electrons. The molecule has 1 atom stereocenters. The van der Waals surface area contributed by atoms with Gasteiger partial charge >= 0.3 is 6.03 Å². The van der Waals surface area contributed by atoms with Crippen LogP contribution in [0.3, 0.4) is 0 Å². The van der Waals surface area contributed by atoms with Crippen LogP contribution in [-0.2, 0) is 6.54 Å². The minimum Gasteiger partial charge on any atom is -0.356 e. The number of thiazole rings is 1. The van der Waals surface area contributed by atoms with Gasteiger partial charge in [0.05, 0.1) is 6.07 Å². The monoisotopic (exact) mass is 351 g/mol. The summed E-state index contributed by atoms with van der Waals surface area (Å²) >= 11 is 1.30. The molecule has 0 saturated carbocycles. The zero-order chi connectivity index (χ0) is 17.6. The first kappa shape index (κ1) is 16.8. The number of nitrogens with one attached hydrogen (secondary N) is 2. The van der Waals surface area contributed by atoms with E-state index >= 15 is 0 Å². The quantitative estimate of drug-likeness (QED) is 0.830. The van der Waals surface area contributed by atoms with Crippen LogP contribution in [0.5, 0.6) is 0 Å². The first-order valence-corrected chi connectivity index (χ1v) is 8.80. The topological polar surface area (TPSA) is 81.1 Å². The molecule has 2 amide bonds. The van der Waals surface area contributed by atoms with Gasteiger partial charge < -0.3 is 10.2 Å².